The van der Waals surface area contributed by atoms with E-state index in [4.69, 9.17) is 18.9 Å². The van der Waals surface area contributed by atoms with E-state index < -0.39 is 18.4 Å². The van der Waals surface area contributed by atoms with Crippen LogP contribution in [0.3, 0.4) is 0 Å². The van der Waals surface area contributed by atoms with Crippen molar-refractivity contribution >= 4 is 22.7 Å². The predicted molar refractivity (Wildman–Crippen MR) is 128 cm³/mol. The summed E-state index contributed by atoms with van der Waals surface area (Å²) in [5, 5.41) is 0.646. The van der Waals surface area contributed by atoms with Crippen LogP contribution >= 0.6 is 0 Å². The number of carbonyl (C=O) groups excluding carboxylic acids is 2. The summed E-state index contributed by atoms with van der Waals surface area (Å²) in [5.74, 6) is 0.0226. The molecule has 0 unspecified atom stereocenters. The molecule has 0 aliphatic rings. The fourth-order valence-corrected chi connectivity index (χ4v) is 3.64. The number of hydrogen-bond acceptors (Lipinski definition) is 7. The van der Waals surface area contributed by atoms with Crippen LogP contribution in [0.5, 0.6) is 17.2 Å². The molecule has 172 valence electrons. The lowest BCUT2D eigenvalue weighted by molar-refractivity contribution is 0.0476. The van der Waals surface area contributed by atoms with Crippen molar-refractivity contribution < 1.29 is 28.5 Å². The Kier molecular flexibility index (Phi) is 6.73. The molecule has 3 aromatic carbocycles. The van der Waals surface area contributed by atoms with Crippen molar-refractivity contribution in [1.82, 2.24) is 4.98 Å². The zero-order valence-electron chi connectivity index (χ0n) is 19.0. The highest BCUT2D eigenvalue weighted by Gasteiger charge is 2.20. The molecule has 0 aliphatic heterocycles. The van der Waals surface area contributed by atoms with E-state index >= 15 is 0 Å². The highest BCUT2D eigenvalue weighted by molar-refractivity contribution is 6.06. The molecule has 34 heavy (non-hydrogen) atoms. The molecule has 4 aromatic rings. The number of pyridine rings is 1. The molecule has 7 nitrogen and oxygen atoms in total. The van der Waals surface area contributed by atoms with E-state index in [0.717, 1.165) is 5.56 Å². The third kappa shape index (κ3) is 4.54. The Morgan fingerprint density at radius 2 is 1.44 bits per heavy atom. The monoisotopic (exact) mass is 457 g/mol. The lowest BCUT2D eigenvalue weighted by Gasteiger charge is -2.14. The van der Waals surface area contributed by atoms with Gasteiger partial charge in [0.25, 0.3) is 0 Å². The Morgan fingerprint density at radius 3 is 2.09 bits per heavy atom. The van der Waals surface area contributed by atoms with Gasteiger partial charge in [0.1, 0.15) is 0 Å². The van der Waals surface area contributed by atoms with Gasteiger partial charge >= 0.3 is 5.97 Å². The maximum absolute atomic E-state index is 13.1. The highest BCUT2D eigenvalue weighted by Crippen LogP contribution is 2.38. The average Bonchev–Trinajstić information content (AvgIpc) is 2.90. The number of aromatic nitrogens is 1. The van der Waals surface area contributed by atoms with E-state index in [1.165, 1.54) is 33.5 Å². The van der Waals surface area contributed by atoms with Crippen molar-refractivity contribution in [3.8, 4) is 28.5 Å². The Bertz CT molecular complexity index is 1330. The molecule has 0 saturated carbocycles. The summed E-state index contributed by atoms with van der Waals surface area (Å²) in [6.07, 6.45) is 0. The molecular weight excluding hydrogens is 434 g/mol. The van der Waals surface area contributed by atoms with Gasteiger partial charge in [0.05, 0.1) is 38.1 Å². The third-order valence-corrected chi connectivity index (χ3v) is 5.33. The fourth-order valence-electron chi connectivity index (χ4n) is 3.64. The van der Waals surface area contributed by atoms with E-state index in [1.807, 2.05) is 48.5 Å². The van der Waals surface area contributed by atoms with Gasteiger partial charge in [-0.3, -0.25) is 4.79 Å². The van der Waals surface area contributed by atoms with E-state index in [9.17, 15) is 9.59 Å². The van der Waals surface area contributed by atoms with Crippen LogP contribution < -0.4 is 14.2 Å². The minimum absolute atomic E-state index is 0.270. The largest absolute Gasteiger partial charge is 0.493 e. The maximum atomic E-state index is 13.1. The third-order valence-electron chi connectivity index (χ3n) is 5.33. The maximum Gasteiger partial charge on any atom is 0.339 e. The van der Waals surface area contributed by atoms with Crippen LogP contribution in [-0.4, -0.2) is 44.7 Å². The number of esters is 1. The van der Waals surface area contributed by atoms with Gasteiger partial charge < -0.3 is 18.9 Å². The Labute approximate surface area is 196 Å². The number of carbonyl (C=O) groups is 2. The molecule has 1 aromatic heterocycles. The second kappa shape index (κ2) is 10.0. The van der Waals surface area contributed by atoms with Gasteiger partial charge in [-0.05, 0) is 24.3 Å². The van der Waals surface area contributed by atoms with Gasteiger partial charge in [-0.1, -0.05) is 48.5 Å². The minimum Gasteiger partial charge on any atom is -0.493 e. The summed E-state index contributed by atoms with van der Waals surface area (Å²) in [7, 11) is 4.40. The van der Waals surface area contributed by atoms with Gasteiger partial charge in [-0.2, -0.15) is 0 Å². The van der Waals surface area contributed by atoms with Crippen LogP contribution in [0.4, 0.5) is 0 Å². The van der Waals surface area contributed by atoms with Crippen LogP contribution in [0.1, 0.15) is 20.7 Å². The molecule has 0 atom stereocenters. The lowest BCUT2D eigenvalue weighted by atomic mass is 10.0. The number of ether oxygens (including phenoxy) is 4. The summed E-state index contributed by atoms with van der Waals surface area (Å²) in [6.45, 7) is -0.450. The summed E-state index contributed by atoms with van der Waals surface area (Å²) in [6, 6.07) is 21.6. The number of rotatable bonds is 8. The van der Waals surface area contributed by atoms with Crippen LogP contribution in [0.15, 0.2) is 72.8 Å². The summed E-state index contributed by atoms with van der Waals surface area (Å²) >= 11 is 0. The van der Waals surface area contributed by atoms with Crippen molar-refractivity contribution in [2.24, 2.45) is 0 Å². The number of benzene rings is 3. The van der Waals surface area contributed by atoms with E-state index in [-0.39, 0.29) is 5.56 Å². The first-order chi connectivity index (χ1) is 16.5. The number of nitrogens with zero attached hydrogens (tertiary/aromatic N) is 1. The molecule has 7 heteroatoms. The molecule has 0 spiro atoms. The average molecular weight is 457 g/mol. The van der Waals surface area contributed by atoms with E-state index in [2.05, 4.69) is 4.98 Å². The summed E-state index contributed by atoms with van der Waals surface area (Å²) in [5.41, 5.74) is 2.78. The first kappa shape index (κ1) is 22.8. The van der Waals surface area contributed by atoms with Crippen LogP contribution in [0.2, 0.25) is 0 Å². The molecule has 0 N–H and O–H groups in total. The Morgan fingerprint density at radius 1 is 0.794 bits per heavy atom. The highest BCUT2D eigenvalue weighted by atomic mass is 16.5. The van der Waals surface area contributed by atoms with Gasteiger partial charge in [0, 0.05) is 16.5 Å². The first-order valence-electron chi connectivity index (χ1n) is 10.5. The molecule has 4 rings (SSSR count). The van der Waals surface area contributed by atoms with Gasteiger partial charge in [0.15, 0.2) is 18.1 Å². The Balaban J connectivity index is 1.61. The SMILES string of the molecule is COc1cc(C(=O)COC(=O)c2cc(-c3ccccc3)nc3ccccc23)cc(OC)c1OC. The van der Waals surface area contributed by atoms with Crippen molar-refractivity contribution in [2.45, 2.75) is 0 Å². The van der Waals surface area contributed by atoms with Crippen molar-refractivity contribution in [2.75, 3.05) is 27.9 Å². The number of ketones is 1. The number of para-hydroxylation sites is 1. The molecule has 0 bridgehead atoms. The summed E-state index contributed by atoms with van der Waals surface area (Å²) < 4.78 is 21.3. The number of methoxy groups -OCH3 is 3. The first-order valence-corrected chi connectivity index (χ1v) is 10.5. The van der Waals surface area contributed by atoms with Crippen LogP contribution in [0.25, 0.3) is 22.2 Å². The van der Waals surface area contributed by atoms with Crippen molar-refractivity contribution in [3.05, 3.63) is 83.9 Å². The quantitative estimate of drug-likeness (QED) is 0.273. The smallest absolute Gasteiger partial charge is 0.339 e. The molecule has 0 saturated heterocycles. The van der Waals surface area contributed by atoms with Crippen molar-refractivity contribution in [1.29, 1.82) is 0 Å². The lowest BCUT2D eigenvalue weighted by Crippen LogP contribution is -2.15. The second-order valence-corrected chi connectivity index (χ2v) is 7.35. The molecule has 1 heterocycles. The molecule has 0 fully saturated rings. The zero-order chi connectivity index (χ0) is 24.1. The number of fused-ring (bicyclic) bond motifs is 1. The molecule has 0 aliphatic carbocycles. The topological polar surface area (TPSA) is 84.0 Å². The van der Waals surface area contributed by atoms with Crippen LogP contribution in [-0.2, 0) is 4.74 Å². The normalized spacial score (nSPS) is 10.6. The number of hydrogen-bond donors (Lipinski definition) is 0. The fraction of sp³-hybridized carbons (Fsp3) is 0.148. The summed E-state index contributed by atoms with van der Waals surface area (Å²) in [4.78, 5) is 30.6. The second-order valence-electron chi connectivity index (χ2n) is 7.35. The standard InChI is InChI=1S/C27H23NO6/c1-31-24-13-18(14-25(32-2)26(24)33-3)23(29)16-34-27(30)20-15-22(17-9-5-4-6-10-17)28-21-12-8-7-11-19(20)21/h4-15H,16H2,1-3H3. The molecule has 0 radical (unpaired) electrons. The minimum atomic E-state index is -0.614. The van der Waals surface area contributed by atoms with Gasteiger partial charge in [0.2, 0.25) is 11.5 Å². The predicted octanol–water partition coefficient (Wildman–Crippen LogP) is 4.97. The molecular formula is C27H23NO6. The Hall–Kier alpha value is -4.39. The molecule has 0 amide bonds. The van der Waals surface area contributed by atoms with Gasteiger partial charge in [-0.25, -0.2) is 9.78 Å². The van der Waals surface area contributed by atoms with E-state index in [1.54, 1.807) is 12.1 Å². The van der Waals surface area contributed by atoms with E-state index in [0.29, 0.717) is 39.4 Å². The van der Waals surface area contributed by atoms with Crippen molar-refractivity contribution in [3.63, 3.8) is 0 Å². The van der Waals surface area contributed by atoms with Crippen LogP contribution in [0, 0.1) is 0 Å². The van der Waals surface area contributed by atoms with Gasteiger partial charge in [-0.15, -0.1) is 0 Å². The number of Topliss-reactive ketones (excluding diaryl/α,β-unsaturated/α-hetero) is 1. The zero-order valence-corrected chi connectivity index (χ0v) is 19.0.